The van der Waals surface area contributed by atoms with Gasteiger partial charge in [0.15, 0.2) is 0 Å². The Balaban J connectivity index is 2.14. The molecule has 0 aliphatic rings. The lowest BCUT2D eigenvalue weighted by molar-refractivity contribution is 0.0719. The van der Waals surface area contributed by atoms with Gasteiger partial charge in [-0.05, 0) is 50.8 Å². The Morgan fingerprint density at radius 2 is 1.78 bits per heavy atom. The van der Waals surface area contributed by atoms with Crippen LogP contribution in [0.5, 0.6) is 0 Å². The highest BCUT2D eigenvalue weighted by Gasteiger charge is 2.17. The number of furan rings is 1. The molecule has 124 valence electrons. The van der Waals surface area contributed by atoms with Gasteiger partial charge in [0.25, 0.3) is 5.91 Å². The normalized spacial score (nSPS) is 11.0. The van der Waals surface area contributed by atoms with Crippen molar-refractivity contribution in [3.63, 3.8) is 0 Å². The van der Waals surface area contributed by atoms with Crippen LogP contribution in [0, 0.1) is 6.92 Å². The predicted molar refractivity (Wildman–Crippen MR) is 91.1 cm³/mol. The third-order valence-electron chi connectivity index (χ3n) is 3.68. The molecule has 2 rings (SSSR count). The molecule has 1 aromatic heterocycles. The van der Waals surface area contributed by atoms with Crippen molar-refractivity contribution < 1.29 is 9.21 Å². The highest BCUT2D eigenvalue weighted by Crippen LogP contribution is 2.13. The van der Waals surface area contributed by atoms with Gasteiger partial charge in [0.2, 0.25) is 0 Å². The van der Waals surface area contributed by atoms with E-state index in [0.717, 1.165) is 23.6 Å². The van der Waals surface area contributed by atoms with Crippen molar-refractivity contribution in [2.75, 3.05) is 27.2 Å². The quantitative estimate of drug-likeness (QED) is 0.851. The second-order valence-electron chi connectivity index (χ2n) is 5.94. The van der Waals surface area contributed by atoms with Gasteiger partial charge in [-0.2, -0.15) is 0 Å². The van der Waals surface area contributed by atoms with Crippen LogP contribution < -0.4 is 5.73 Å². The van der Waals surface area contributed by atoms with E-state index in [1.54, 1.807) is 0 Å². The molecule has 0 atom stereocenters. The van der Waals surface area contributed by atoms with E-state index >= 15 is 0 Å². The summed E-state index contributed by atoms with van der Waals surface area (Å²) in [6, 6.07) is 11.3. The molecule has 0 bridgehead atoms. The largest absolute Gasteiger partial charge is 0.464 e. The lowest BCUT2D eigenvalue weighted by Gasteiger charge is -2.23. The van der Waals surface area contributed by atoms with Gasteiger partial charge < -0.3 is 20.0 Å². The molecule has 2 aromatic rings. The van der Waals surface area contributed by atoms with Crippen molar-refractivity contribution in [1.82, 2.24) is 9.80 Å². The number of rotatable bonds is 7. The van der Waals surface area contributed by atoms with Crippen LogP contribution in [0.4, 0.5) is 0 Å². The summed E-state index contributed by atoms with van der Waals surface area (Å²) in [5.74, 6) is 1.66. The maximum absolute atomic E-state index is 12.8. The molecule has 2 N–H and O–H groups in total. The molecule has 1 aromatic carbocycles. The number of hydrogen-bond acceptors (Lipinski definition) is 4. The molecular weight excluding hydrogens is 290 g/mol. The number of aryl methyl sites for hydroxylation is 1. The smallest absolute Gasteiger partial charge is 0.254 e. The summed E-state index contributed by atoms with van der Waals surface area (Å²) in [5, 5.41) is 0. The summed E-state index contributed by atoms with van der Waals surface area (Å²) < 4.78 is 5.62. The standard InChI is InChI=1S/C18H25N3O2/c1-14-4-9-17(23-14)13-21(11-10-20(2)3)18(22)16-7-5-15(12-19)6-8-16/h4-9H,10-13,19H2,1-3H3. The van der Waals surface area contributed by atoms with E-state index in [9.17, 15) is 4.79 Å². The Morgan fingerprint density at radius 1 is 1.09 bits per heavy atom. The van der Waals surface area contributed by atoms with E-state index in [2.05, 4.69) is 4.90 Å². The highest BCUT2D eigenvalue weighted by molar-refractivity contribution is 5.94. The van der Waals surface area contributed by atoms with Crippen molar-refractivity contribution in [3.8, 4) is 0 Å². The molecule has 1 heterocycles. The average molecular weight is 315 g/mol. The van der Waals surface area contributed by atoms with Gasteiger partial charge in [0, 0.05) is 25.2 Å². The Bertz CT molecular complexity index is 632. The van der Waals surface area contributed by atoms with Crippen molar-refractivity contribution in [3.05, 3.63) is 59.0 Å². The van der Waals surface area contributed by atoms with Crippen molar-refractivity contribution in [2.24, 2.45) is 5.73 Å². The summed E-state index contributed by atoms with van der Waals surface area (Å²) in [6.07, 6.45) is 0. The number of amides is 1. The fourth-order valence-electron chi connectivity index (χ4n) is 2.30. The zero-order valence-electron chi connectivity index (χ0n) is 14.1. The lowest BCUT2D eigenvalue weighted by atomic mass is 10.1. The first-order valence-corrected chi connectivity index (χ1v) is 7.78. The average Bonchev–Trinajstić information content (AvgIpc) is 2.95. The summed E-state index contributed by atoms with van der Waals surface area (Å²) in [5.41, 5.74) is 7.30. The molecule has 0 radical (unpaired) electrons. The molecule has 0 unspecified atom stereocenters. The maximum Gasteiger partial charge on any atom is 0.254 e. The van der Waals surface area contributed by atoms with E-state index in [-0.39, 0.29) is 5.91 Å². The fraction of sp³-hybridized carbons (Fsp3) is 0.389. The van der Waals surface area contributed by atoms with Crippen LogP contribution in [0.15, 0.2) is 40.8 Å². The minimum Gasteiger partial charge on any atom is -0.464 e. The second kappa shape index (κ2) is 7.94. The zero-order valence-corrected chi connectivity index (χ0v) is 14.1. The number of nitrogens with two attached hydrogens (primary N) is 1. The Kier molecular flexibility index (Phi) is 5.96. The minimum atomic E-state index is 0.00414. The molecule has 0 aliphatic heterocycles. The molecular formula is C18H25N3O2. The Morgan fingerprint density at radius 3 is 2.30 bits per heavy atom. The zero-order chi connectivity index (χ0) is 16.8. The van der Waals surface area contributed by atoms with Crippen LogP contribution in [-0.4, -0.2) is 42.9 Å². The minimum absolute atomic E-state index is 0.00414. The van der Waals surface area contributed by atoms with E-state index in [0.29, 0.717) is 25.2 Å². The van der Waals surface area contributed by atoms with Crippen molar-refractivity contribution >= 4 is 5.91 Å². The molecule has 23 heavy (non-hydrogen) atoms. The first kappa shape index (κ1) is 17.2. The van der Waals surface area contributed by atoms with E-state index in [4.69, 9.17) is 10.2 Å². The van der Waals surface area contributed by atoms with Gasteiger partial charge in [-0.25, -0.2) is 0 Å². The molecule has 0 spiro atoms. The number of carbonyl (C=O) groups excluding carboxylic acids is 1. The van der Waals surface area contributed by atoms with Gasteiger partial charge in [-0.15, -0.1) is 0 Å². The van der Waals surface area contributed by atoms with Crippen LogP contribution in [-0.2, 0) is 13.1 Å². The first-order valence-electron chi connectivity index (χ1n) is 7.78. The third-order valence-corrected chi connectivity index (χ3v) is 3.68. The Labute approximate surface area is 137 Å². The molecule has 0 saturated carbocycles. The van der Waals surface area contributed by atoms with Gasteiger partial charge >= 0.3 is 0 Å². The SMILES string of the molecule is Cc1ccc(CN(CCN(C)C)C(=O)c2ccc(CN)cc2)o1. The van der Waals surface area contributed by atoms with Gasteiger partial charge in [-0.1, -0.05) is 12.1 Å². The van der Waals surface area contributed by atoms with E-state index in [1.165, 1.54) is 0 Å². The molecule has 0 fully saturated rings. The van der Waals surface area contributed by atoms with Crippen LogP contribution in [0.1, 0.15) is 27.4 Å². The molecule has 0 aliphatic carbocycles. The van der Waals surface area contributed by atoms with Gasteiger partial charge in [0.1, 0.15) is 11.5 Å². The molecule has 5 heteroatoms. The Hall–Kier alpha value is -2.11. The number of hydrogen-bond donors (Lipinski definition) is 1. The summed E-state index contributed by atoms with van der Waals surface area (Å²) >= 11 is 0. The second-order valence-corrected chi connectivity index (χ2v) is 5.94. The van der Waals surface area contributed by atoms with Crippen LogP contribution in [0.2, 0.25) is 0 Å². The summed E-state index contributed by atoms with van der Waals surface area (Å²) in [4.78, 5) is 16.7. The van der Waals surface area contributed by atoms with E-state index in [1.807, 2.05) is 62.3 Å². The number of likely N-dealkylation sites (N-methyl/N-ethyl adjacent to an activating group) is 1. The molecule has 5 nitrogen and oxygen atoms in total. The maximum atomic E-state index is 12.8. The van der Waals surface area contributed by atoms with Crippen molar-refractivity contribution in [2.45, 2.75) is 20.0 Å². The van der Waals surface area contributed by atoms with Crippen LogP contribution in [0.3, 0.4) is 0 Å². The monoisotopic (exact) mass is 315 g/mol. The lowest BCUT2D eigenvalue weighted by Crippen LogP contribution is -2.36. The van der Waals surface area contributed by atoms with Crippen molar-refractivity contribution in [1.29, 1.82) is 0 Å². The number of nitrogens with zero attached hydrogens (tertiary/aromatic N) is 2. The first-order chi connectivity index (χ1) is 11.0. The third kappa shape index (κ3) is 4.94. The fourth-order valence-corrected chi connectivity index (χ4v) is 2.30. The molecule has 1 amide bonds. The van der Waals surface area contributed by atoms with E-state index < -0.39 is 0 Å². The van der Waals surface area contributed by atoms with Crippen LogP contribution >= 0.6 is 0 Å². The van der Waals surface area contributed by atoms with Gasteiger partial charge in [-0.3, -0.25) is 4.79 Å². The summed E-state index contributed by atoms with van der Waals surface area (Å²) in [6.45, 7) is 4.29. The van der Waals surface area contributed by atoms with Gasteiger partial charge in [0.05, 0.1) is 6.54 Å². The number of benzene rings is 1. The van der Waals surface area contributed by atoms with Crippen LogP contribution in [0.25, 0.3) is 0 Å². The molecule has 0 saturated heterocycles. The predicted octanol–water partition coefficient (Wildman–Crippen LogP) is 2.25. The topological polar surface area (TPSA) is 62.7 Å². The highest BCUT2D eigenvalue weighted by atomic mass is 16.3. The summed E-state index contributed by atoms with van der Waals surface area (Å²) in [7, 11) is 3.99. The number of carbonyl (C=O) groups is 1.